The smallest absolute Gasteiger partial charge is 0.180 e. The van der Waals surface area contributed by atoms with Gasteiger partial charge in [-0.2, -0.15) is 5.26 Å². The Kier molecular flexibility index (Phi) is 1.86. The van der Waals surface area contributed by atoms with Crippen molar-refractivity contribution >= 4 is 5.65 Å². The van der Waals surface area contributed by atoms with Gasteiger partial charge in [0.1, 0.15) is 11.8 Å². The molecule has 0 saturated heterocycles. The van der Waals surface area contributed by atoms with Gasteiger partial charge in [0.2, 0.25) is 0 Å². The number of rotatable bonds is 1. The third-order valence-electron chi connectivity index (χ3n) is 2.11. The van der Waals surface area contributed by atoms with E-state index in [4.69, 9.17) is 10.00 Å². The first-order valence-electron chi connectivity index (χ1n) is 4.19. The highest BCUT2D eigenvalue weighted by Crippen LogP contribution is 2.20. The fraction of sp³-hybridized carbons (Fsp3) is 0.200. The Morgan fingerprint density at radius 3 is 3.00 bits per heavy atom. The number of nitrogens with zero attached hydrogens (tertiary/aromatic N) is 3. The molecule has 0 aromatic carbocycles. The van der Waals surface area contributed by atoms with Crippen LogP contribution in [0.1, 0.15) is 11.4 Å². The third kappa shape index (κ3) is 1.03. The van der Waals surface area contributed by atoms with E-state index in [2.05, 4.69) is 11.1 Å². The molecular formula is C10H9N3O. The molecule has 0 aliphatic carbocycles. The summed E-state index contributed by atoms with van der Waals surface area (Å²) >= 11 is 0. The minimum absolute atomic E-state index is 0.555. The van der Waals surface area contributed by atoms with Crippen LogP contribution >= 0.6 is 0 Å². The maximum atomic E-state index is 8.92. The van der Waals surface area contributed by atoms with Crippen LogP contribution in [0.4, 0.5) is 0 Å². The van der Waals surface area contributed by atoms with E-state index in [1.807, 2.05) is 19.1 Å². The van der Waals surface area contributed by atoms with E-state index in [0.717, 1.165) is 5.69 Å². The van der Waals surface area contributed by atoms with E-state index in [-0.39, 0.29) is 0 Å². The lowest BCUT2D eigenvalue weighted by molar-refractivity contribution is 0.417. The average Bonchev–Trinajstić information content (AvgIpc) is 2.52. The van der Waals surface area contributed by atoms with E-state index in [1.54, 1.807) is 17.7 Å². The minimum atomic E-state index is 0.555. The molecule has 4 nitrogen and oxygen atoms in total. The third-order valence-corrected chi connectivity index (χ3v) is 2.11. The van der Waals surface area contributed by atoms with Gasteiger partial charge in [-0.05, 0) is 19.1 Å². The molecule has 2 aromatic rings. The number of aryl methyl sites for hydroxylation is 1. The summed E-state index contributed by atoms with van der Waals surface area (Å²) in [7, 11) is 1.59. The van der Waals surface area contributed by atoms with Crippen LogP contribution in [0.5, 0.6) is 5.75 Å². The van der Waals surface area contributed by atoms with Crippen LogP contribution < -0.4 is 4.74 Å². The molecule has 0 aliphatic heterocycles. The Balaban J connectivity index is 2.87. The summed E-state index contributed by atoms with van der Waals surface area (Å²) in [4.78, 5) is 4.27. The van der Waals surface area contributed by atoms with Crippen molar-refractivity contribution in [2.45, 2.75) is 6.92 Å². The van der Waals surface area contributed by atoms with Gasteiger partial charge in [0, 0.05) is 6.20 Å². The molecule has 2 heterocycles. The standard InChI is InChI=1S/C10H9N3O/c1-7-8(6-11)13-5-3-4-9(14-2)10(13)12-7/h3-5H,1-2H3. The van der Waals surface area contributed by atoms with Crippen LogP contribution in [0.3, 0.4) is 0 Å². The molecule has 0 spiro atoms. The van der Waals surface area contributed by atoms with E-state index in [9.17, 15) is 0 Å². The SMILES string of the molecule is COc1cccn2c(C#N)c(C)nc12. The van der Waals surface area contributed by atoms with Crippen molar-refractivity contribution in [2.24, 2.45) is 0 Å². The first kappa shape index (κ1) is 8.57. The molecule has 0 unspecified atom stereocenters. The number of hydrogen-bond donors (Lipinski definition) is 0. The molecule has 2 aromatic heterocycles. The molecule has 4 heteroatoms. The number of pyridine rings is 1. The van der Waals surface area contributed by atoms with Crippen LogP contribution in [-0.4, -0.2) is 16.5 Å². The maximum absolute atomic E-state index is 8.92. The largest absolute Gasteiger partial charge is 0.493 e. The number of fused-ring (bicyclic) bond motifs is 1. The van der Waals surface area contributed by atoms with Crippen LogP contribution in [-0.2, 0) is 0 Å². The summed E-state index contributed by atoms with van der Waals surface area (Å²) in [6.45, 7) is 1.81. The fourth-order valence-corrected chi connectivity index (χ4v) is 1.45. The lowest BCUT2D eigenvalue weighted by atomic mass is 10.4. The first-order valence-corrected chi connectivity index (χ1v) is 4.19. The number of hydrogen-bond acceptors (Lipinski definition) is 3. The Morgan fingerprint density at radius 2 is 2.36 bits per heavy atom. The highest BCUT2D eigenvalue weighted by molar-refractivity contribution is 5.57. The van der Waals surface area contributed by atoms with Crippen LogP contribution in [0.2, 0.25) is 0 Å². The minimum Gasteiger partial charge on any atom is -0.493 e. The van der Waals surface area contributed by atoms with Crippen molar-refractivity contribution < 1.29 is 4.74 Å². The van der Waals surface area contributed by atoms with Gasteiger partial charge in [-0.1, -0.05) is 0 Å². The van der Waals surface area contributed by atoms with Crippen LogP contribution in [0.15, 0.2) is 18.3 Å². The molecule has 14 heavy (non-hydrogen) atoms. The van der Waals surface area contributed by atoms with Gasteiger partial charge < -0.3 is 4.74 Å². The topological polar surface area (TPSA) is 50.3 Å². The lowest BCUT2D eigenvalue weighted by Crippen LogP contribution is -1.91. The Morgan fingerprint density at radius 1 is 1.57 bits per heavy atom. The Hall–Kier alpha value is -2.02. The average molecular weight is 187 g/mol. The van der Waals surface area contributed by atoms with Crippen molar-refractivity contribution in [1.29, 1.82) is 5.26 Å². The van der Waals surface area contributed by atoms with Crippen molar-refractivity contribution in [3.05, 3.63) is 29.7 Å². The summed E-state index contributed by atoms with van der Waals surface area (Å²) in [5.41, 5.74) is 1.96. The number of nitriles is 1. The van der Waals surface area contributed by atoms with Crippen molar-refractivity contribution in [1.82, 2.24) is 9.38 Å². The second-order valence-corrected chi connectivity index (χ2v) is 2.93. The first-order chi connectivity index (χ1) is 6.77. The molecule has 2 rings (SSSR count). The van der Waals surface area contributed by atoms with Gasteiger partial charge in [0.15, 0.2) is 11.4 Å². The zero-order chi connectivity index (χ0) is 10.1. The summed E-state index contributed by atoms with van der Waals surface area (Å²) in [6.07, 6.45) is 1.80. The molecule has 70 valence electrons. The molecular weight excluding hydrogens is 178 g/mol. The Labute approximate surface area is 81.4 Å². The van der Waals surface area contributed by atoms with Gasteiger partial charge in [-0.3, -0.25) is 4.40 Å². The summed E-state index contributed by atoms with van der Waals surface area (Å²) in [6, 6.07) is 5.76. The van der Waals surface area contributed by atoms with E-state index >= 15 is 0 Å². The second kappa shape index (κ2) is 3.04. The fourth-order valence-electron chi connectivity index (χ4n) is 1.45. The van der Waals surface area contributed by atoms with Gasteiger partial charge >= 0.3 is 0 Å². The van der Waals surface area contributed by atoms with Gasteiger partial charge in [-0.25, -0.2) is 4.98 Å². The van der Waals surface area contributed by atoms with Crippen LogP contribution in [0.25, 0.3) is 5.65 Å². The monoisotopic (exact) mass is 187 g/mol. The summed E-state index contributed by atoms with van der Waals surface area (Å²) < 4.78 is 6.88. The molecule has 0 fully saturated rings. The molecule has 0 bridgehead atoms. The second-order valence-electron chi connectivity index (χ2n) is 2.93. The molecule has 0 amide bonds. The normalized spacial score (nSPS) is 10.1. The summed E-state index contributed by atoms with van der Waals surface area (Å²) in [5, 5.41) is 8.92. The molecule has 0 N–H and O–H groups in total. The number of imidazole rings is 1. The zero-order valence-corrected chi connectivity index (χ0v) is 7.98. The van der Waals surface area contributed by atoms with Gasteiger partial charge in [-0.15, -0.1) is 0 Å². The van der Waals surface area contributed by atoms with Crippen molar-refractivity contribution in [3.8, 4) is 11.8 Å². The van der Waals surface area contributed by atoms with Crippen molar-refractivity contribution in [2.75, 3.05) is 7.11 Å². The lowest BCUT2D eigenvalue weighted by Gasteiger charge is -2.00. The highest BCUT2D eigenvalue weighted by Gasteiger charge is 2.10. The van der Waals surface area contributed by atoms with E-state index < -0.39 is 0 Å². The predicted molar refractivity (Wildman–Crippen MR) is 51.2 cm³/mol. The predicted octanol–water partition coefficient (Wildman–Crippen LogP) is 1.52. The zero-order valence-electron chi connectivity index (χ0n) is 7.98. The molecule has 0 atom stereocenters. The van der Waals surface area contributed by atoms with Gasteiger partial charge in [0.05, 0.1) is 12.8 Å². The maximum Gasteiger partial charge on any atom is 0.180 e. The summed E-state index contributed by atoms with van der Waals surface area (Å²) in [5.74, 6) is 0.678. The highest BCUT2D eigenvalue weighted by atomic mass is 16.5. The number of aromatic nitrogens is 2. The Bertz CT molecular complexity index is 522. The molecule has 0 radical (unpaired) electrons. The molecule has 0 aliphatic rings. The number of methoxy groups -OCH3 is 1. The van der Waals surface area contributed by atoms with E-state index in [0.29, 0.717) is 17.1 Å². The quantitative estimate of drug-likeness (QED) is 0.680. The number of ether oxygens (including phenoxy) is 1. The van der Waals surface area contributed by atoms with Crippen molar-refractivity contribution in [3.63, 3.8) is 0 Å². The van der Waals surface area contributed by atoms with E-state index in [1.165, 1.54) is 0 Å². The van der Waals surface area contributed by atoms with Crippen LogP contribution in [0, 0.1) is 18.3 Å². The molecule has 0 saturated carbocycles. The van der Waals surface area contributed by atoms with Gasteiger partial charge in [0.25, 0.3) is 0 Å².